The predicted octanol–water partition coefficient (Wildman–Crippen LogP) is 0.198. The first-order valence-electron chi connectivity index (χ1n) is 4.71. The highest BCUT2D eigenvalue weighted by Crippen LogP contribution is 2.18. The van der Waals surface area contributed by atoms with E-state index in [0.29, 0.717) is 0 Å². The van der Waals surface area contributed by atoms with E-state index in [1.165, 1.54) is 17.1 Å². The molecule has 0 aliphatic heterocycles. The molecule has 17 heavy (non-hydrogen) atoms. The zero-order valence-corrected chi connectivity index (χ0v) is 9.85. The Bertz CT molecular complexity index is 601. The van der Waals surface area contributed by atoms with Crippen molar-refractivity contribution in [2.24, 2.45) is 7.05 Å². The first-order chi connectivity index (χ1) is 8.00. The van der Waals surface area contributed by atoms with Crippen LogP contribution >= 0.6 is 0 Å². The molecule has 0 aromatic carbocycles. The van der Waals surface area contributed by atoms with Crippen molar-refractivity contribution in [3.63, 3.8) is 0 Å². The van der Waals surface area contributed by atoms with Crippen LogP contribution in [0.1, 0.15) is 0 Å². The summed E-state index contributed by atoms with van der Waals surface area (Å²) in [6.07, 6.45) is 2.83. The van der Waals surface area contributed by atoms with Gasteiger partial charge in [0.15, 0.2) is 10.8 Å². The topological polar surface area (TPSA) is 103 Å². The number of nitrogens with two attached hydrogens (primary N) is 1. The second-order valence-electron chi connectivity index (χ2n) is 3.37. The third-order valence-electron chi connectivity index (χ3n) is 2.07. The van der Waals surface area contributed by atoms with Crippen LogP contribution in [0, 0.1) is 0 Å². The average molecular weight is 253 g/mol. The summed E-state index contributed by atoms with van der Waals surface area (Å²) in [6, 6.07) is 4.91. The van der Waals surface area contributed by atoms with Crippen LogP contribution in [0.5, 0.6) is 0 Å². The van der Waals surface area contributed by atoms with E-state index in [1.807, 2.05) is 0 Å². The Labute approximate surface area is 98.4 Å². The summed E-state index contributed by atoms with van der Waals surface area (Å²) < 4.78 is 27.7. The molecule has 0 saturated carbocycles. The van der Waals surface area contributed by atoms with Gasteiger partial charge < -0.3 is 10.3 Å². The van der Waals surface area contributed by atoms with Crippen molar-refractivity contribution in [2.75, 3.05) is 10.5 Å². The molecule has 8 heteroatoms. The van der Waals surface area contributed by atoms with Gasteiger partial charge in [-0.3, -0.25) is 4.72 Å². The van der Waals surface area contributed by atoms with Crippen LogP contribution in [0.2, 0.25) is 0 Å². The maximum Gasteiger partial charge on any atom is 0.282 e. The first kappa shape index (κ1) is 11.4. The molecule has 2 aromatic heterocycles. The Morgan fingerprint density at radius 2 is 2.12 bits per heavy atom. The van der Waals surface area contributed by atoms with E-state index in [2.05, 4.69) is 14.7 Å². The largest absolute Gasteiger partial charge is 0.381 e. The van der Waals surface area contributed by atoms with Gasteiger partial charge in [-0.05, 0) is 12.1 Å². The Morgan fingerprint density at radius 1 is 1.35 bits per heavy atom. The zero-order valence-electron chi connectivity index (χ0n) is 9.03. The number of hydrogen-bond donors (Lipinski definition) is 2. The smallest absolute Gasteiger partial charge is 0.282 e. The van der Waals surface area contributed by atoms with Crippen molar-refractivity contribution in [1.82, 2.24) is 14.5 Å². The third kappa shape index (κ3) is 2.21. The third-order valence-corrected chi connectivity index (χ3v) is 3.55. The number of hydrogen-bond acceptors (Lipinski definition) is 5. The second kappa shape index (κ2) is 4.06. The lowest BCUT2D eigenvalue weighted by Crippen LogP contribution is -2.18. The highest BCUT2D eigenvalue weighted by molar-refractivity contribution is 7.92. The number of aromatic nitrogens is 3. The maximum absolute atomic E-state index is 12.0. The van der Waals surface area contributed by atoms with Crippen LogP contribution in [0.4, 0.5) is 11.6 Å². The van der Waals surface area contributed by atoms with E-state index in [9.17, 15) is 8.42 Å². The van der Waals surface area contributed by atoms with Crippen LogP contribution in [0.15, 0.2) is 35.7 Å². The molecule has 0 bridgehead atoms. The lowest BCUT2D eigenvalue weighted by molar-refractivity contribution is 0.591. The standard InChI is InChI=1S/C9H11N5O2S/c1-14-6-12-8(10)9(14)17(15,16)13-7-4-2-3-5-11-7/h2-6H,10H2,1H3,(H,11,13). The van der Waals surface area contributed by atoms with Gasteiger partial charge in [-0.2, -0.15) is 8.42 Å². The lowest BCUT2D eigenvalue weighted by Gasteiger charge is -2.07. The van der Waals surface area contributed by atoms with Crippen LogP contribution < -0.4 is 10.5 Å². The molecule has 0 amide bonds. The summed E-state index contributed by atoms with van der Waals surface area (Å²) in [5.41, 5.74) is 5.51. The highest BCUT2D eigenvalue weighted by Gasteiger charge is 2.22. The molecule has 2 aromatic rings. The molecule has 0 atom stereocenters. The molecule has 0 unspecified atom stereocenters. The van der Waals surface area contributed by atoms with Gasteiger partial charge in [0.05, 0.1) is 6.33 Å². The van der Waals surface area contributed by atoms with Crippen molar-refractivity contribution in [3.05, 3.63) is 30.7 Å². The van der Waals surface area contributed by atoms with Gasteiger partial charge in [0.1, 0.15) is 5.82 Å². The molecule has 0 fully saturated rings. The van der Waals surface area contributed by atoms with Crippen molar-refractivity contribution in [3.8, 4) is 0 Å². The van der Waals surface area contributed by atoms with Gasteiger partial charge in [-0.1, -0.05) is 6.07 Å². The minimum atomic E-state index is -3.77. The Morgan fingerprint density at radius 3 is 2.65 bits per heavy atom. The minimum absolute atomic E-state index is 0.0454. The van der Waals surface area contributed by atoms with E-state index < -0.39 is 10.0 Å². The molecule has 0 aliphatic rings. The van der Waals surface area contributed by atoms with Gasteiger partial charge in [0, 0.05) is 13.2 Å². The maximum atomic E-state index is 12.0. The number of imidazole rings is 1. The minimum Gasteiger partial charge on any atom is -0.381 e. The molecular formula is C9H11N5O2S. The summed E-state index contributed by atoms with van der Waals surface area (Å²) in [5, 5.41) is -0.0804. The van der Waals surface area contributed by atoms with Gasteiger partial charge >= 0.3 is 0 Å². The summed E-state index contributed by atoms with van der Waals surface area (Å²) in [6.45, 7) is 0. The van der Waals surface area contributed by atoms with Crippen molar-refractivity contribution in [2.45, 2.75) is 5.03 Å². The van der Waals surface area contributed by atoms with E-state index in [4.69, 9.17) is 5.73 Å². The first-order valence-corrected chi connectivity index (χ1v) is 6.19. The molecule has 0 saturated heterocycles. The number of nitrogens with zero attached hydrogens (tertiary/aromatic N) is 3. The number of aryl methyl sites for hydroxylation is 1. The molecule has 0 radical (unpaired) electrons. The average Bonchev–Trinajstić information content (AvgIpc) is 2.59. The van der Waals surface area contributed by atoms with Crippen LogP contribution in [-0.4, -0.2) is 23.0 Å². The number of anilines is 2. The number of rotatable bonds is 3. The van der Waals surface area contributed by atoms with Crippen LogP contribution in [0.25, 0.3) is 0 Å². The van der Waals surface area contributed by atoms with E-state index in [1.54, 1.807) is 25.2 Å². The van der Waals surface area contributed by atoms with Gasteiger partial charge in [-0.25, -0.2) is 9.97 Å². The summed E-state index contributed by atoms with van der Waals surface area (Å²) in [4.78, 5) is 7.60. The molecule has 3 N–H and O–H groups in total. The number of nitrogen functional groups attached to an aromatic ring is 1. The molecule has 2 heterocycles. The molecule has 0 aliphatic carbocycles. The Balaban J connectivity index is 2.39. The van der Waals surface area contributed by atoms with E-state index in [0.717, 1.165) is 0 Å². The van der Waals surface area contributed by atoms with Crippen LogP contribution in [-0.2, 0) is 17.1 Å². The molecule has 90 valence electrons. The Hall–Kier alpha value is -2.09. The lowest BCUT2D eigenvalue weighted by atomic mass is 10.5. The quantitative estimate of drug-likeness (QED) is 0.813. The molecule has 2 rings (SSSR count). The summed E-state index contributed by atoms with van der Waals surface area (Å²) in [7, 11) is -2.22. The number of pyridine rings is 1. The fourth-order valence-electron chi connectivity index (χ4n) is 1.37. The molecule has 7 nitrogen and oxygen atoms in total. The number of nitrogens with one attached hydrogen (secondary N) is 1. The van der Waals surface area contributed by atoms with Gasteiger partial charge in [0.25, 0.3) is 10.0 Å². The fourth-order valence-corrected chi connectivity index (χ4v) is 2.62. The summed E-state index contributed by atoms with van der Waals surface area (Å²) >= 11 is 0. The monoisotopic (exact) mass is 253 g/mol. The normalized spacial score (nSPS) is 11.4. The van der Waals surface area contributed by atoms with Gasteiger partial charge in [0.2, 0.25) is 0 Å². The number of sulfonamides is 1. The van der Waals surface area contributed by atoms with Crippen molar-refractivity contribution in [1.29, 1.82) is 0 Å². The van der Waals surface area contributed by atoms with Crippen molar-refractivity contribution < 1.29 is 8.42 Å². The van der Waals surface area contributed by atoms with E-state index in [-0.39, 0.29) is 16.7 Å². The van der Waals surface area contributed by atoms with Crippen LogP contribution in [0.3, 0.4) is 0 Å². The zero-order chi connectivity index (χ0) is 12.5. The summed E-state index contributed by atoms with van der Waals surface area (Å²) in [5.74, 6) is 0.184. The SMILES string of the molecule is Cn1cnc(N)c1S(=O)(=O)Nc1ccccn1. The molecular weight excluding hydrogens is 242 g/mol. The second-order valence-corrected chi connectivity index (χ2v) is 4.96. The molecule has 0 spiro atoms. The van der Waals surface area contributed by atoms with Crippen molar-refractivity contribution >= 4 is 21.7 Å². The fraction of sp³-hybridized carbons (Fsp3) is 0.111. The highest BCUT2D eigenvalue weighted by atomic mass is 32.2. The van der Waals surface area contributed by atoms with E-state index >= 15 is 0 Å². The van der Waals surface area contributed by atoms with Gasteiger partial charge in [-0.15, -0.1) is 0 Å². The predicted molar refractivity (Wildman–Crippen MR) is 62.7 cm³/mol. The Kier molecular flexibility index (Phi) is 2.72.